The van der Waals surface area contributed by atoms with E-state index in [1.54, 1.807) is 0 Å². The Morgan fingerprint density at radius 2 is 0.786 bits per heavy atom. The zero-order chi connectivity index (χ0) is 37.0. The lowest BCUT2D eigenvalue weighted by atomic mass is 9.96. The van der Waals surface area contributed by atoms with Crippen LogP contribution < -0.4 is 4.90 Å². The largest absolute Gasteiger partial charge is 0.310 e. The first-order valence-corrected chi connectivity index (χ1v) is 19.3. The van der Waals surface area contributed by atoms with Gasteiger partial charge in [-0.2, -0.15) is 0 Å². The predicted octanol–water partition coefficient (Wildman–Crippen LogP) is 15.0. The summed E-state index contributed by atoms with van der Waals surface area (Å²) in [5, 5.41) is 10.0. The number of nitrogens with zero attached hydrogens (tertiary/aromatic N) is 2. The summed E-state index contributed by atoms with van der Waals surface area (Å²) in [6.45, 7) is 0. The summed E-state index contributed by atoms with van der Waals surface area (Å²) in [6, 6.07) is 79.5. The Balaban J connectivity index is 1.04. The van der Waals surface area contributed by atoms with Crippen LogP contribution in [0.4, 0.5) is 17.1 Å². The standard InChI is InChI=1S/C54H36N2/c1-3-15-44(16-4-1)55(52-21-11-14-38-12-8-10-20-49(38)52)46-29-24-37(25-30-46)41-27-32-53-50(35-41)51-36-42(28-33-54(51)56(53)45-17-5-2-6-18-45)40-26-31-48-43(34-40)23-22-39-13-7-9-19-47(39)48/h1-36H. The van der Waals surface area contributed by atoms with Crippen LogP contribution in [0.3, 0.4) is 0 Å². The van der Waals surface area contributed by atoms with E-state index in [0.717, 1.165) is 22.7 Å². The fourth-order valence-corrected chi connectivity index (χ4v) is 8.64. The second-order valence-corrected chi connectivity index (χ2v) is 14.6. The molecule has 11 aromatic rings. The summed E-state index contributed by atoms with van der Waals surface area (Å²) in [5.74, 6) is 0. The topological polar surface area (TPSA) is 8.17 Å². The number of anilines is 3. The van der Waals surface area contributed by atoms with Crippen molar-refractivity contribution in [3.8, 4) is 27.9 Å². The van der Waals surface area contributed by atoms with E-state index in [1.807, 2.05) is 0 Å². The smallest absolute Gasteiger partial charge is 0.0541 e. The molecule has 0 bridgehead atoms. The van der Waals surface area contributed by atoms with Crippen LogP contribution in [0.5, 0.6) is 0 Å². The van der Waals surface area contributed by atoms with Gasteiger partial charge in [0.1, 0.15) is 0 Å². The fraction of sp³-hybridized carbons (Fsp3) is 0. The summed E-state index contributed by atoms with van der Waals surface area (Å²) in [6.07, 6.45) is 0. The van der Waals surface area contributed by atoms with Crippen LogP contribution in [0.15, 0.2) is 218 Å². The highest BCUT2D eigenvalue weighted by Gasteiger charge is 2.17. The molecule has 0 fully saturated rings. The summed E-state index contributed by atoms with van der Waals surface area (Å²) < 4.78 is 2.40. The van der Waals surface area contributed by atoms with Gasteiger partial charge < -0.3 is 9.47 Å². The monoisotopic (exact) mass is 712 g/mol. The van der Waals surface area contributed by atoms with Gasteiger partial charge in [0.15, 0.2) is 0 Å². The maximum Gasteiger partial charge on any atom is 0.0541 e. The molecule has 0 aliphatic heterocycles. The highest BCUT2D eigenvalue weighted by atomic mass is 15.1. The average molecular weight is 713 g/mol. The van der Waals surface area contributed by atoms with Crippen LogP contribution in [0, 0.1) is 0 Å². The van der Waals surface area contributed by atoms with E-state index in [9.17, 15) is 0 Å². The number of aromatic nitrogens is 1. The molecule has 0 spiro atoms. The van der Waals surface area contributed by atoms with Crippen LogP contribution in [0.2, 0.25) is 0 Å². The Morgan fingerprint density at radius 3 is 1.52 bits per heavy atom. The summed E-state index contributed by atoms with van der Waals surface area (Å²) in [5.41, 5.74) is 11.8. The van der Waals surface area contributed by atoms with Gasteiger partial charge in [0, 0.05) is 33.2 Å². The molecule has 0 atom stereocenters. The number of benzene rings is 10. The minimum absolute atomic E-state index is 1.12. The lowest BCUT2D eigenvalue weighted by Gasteiger charge is -2.27. The second kappa shape index (κ2) is 13.2. The maximum atomic E-state index is 2.40. The SMILES string of the molecule is c1ccc(N(c2ccc(-c3ccc4c(c3)c3cc(-c5ccc6c(ccc7ccccc76)c5)ccc3n4-c3ccccc3)cc2)c2cccc3ccccc23)cc1. The molecule has 11 rings (SSSR count). The minimum Gasteiger partial charge on any atom is -0.310 e. The lowest BCUT2D eigenvalue weighted by molar-refractivity contribution is 1.18. The molecule has 262 valence electrons. The molecule has 2 nitrogen and oxygen atoms in total. The first-order valence-electron chi connectivity index (χ1n) is 19.3. The predicted molar refractivity (Wildman–Crippen MR) is 239 cm³/mol. The molecule has 0 unspecified atom stereocenters. The van der Waals surface area contributed by atoms with Crippen molar-refractivity contribution in [3.63, 3.8) is 0 Å². The number of fused-ring (bicyclic) bond motifs is 7. The van der Waals surface area contributed by atoms with Crippen molar-refractivity contribution in [3.05, 3.63) is 218 Å². The molecule has 0 saturated carbocycles. The summed E-state index contributed by atoms with van der Waals surface area (Å²) in [7, 11) is 0. The van der Waals surface area contributed by atoms with Gasteiger partial charge in [-0.1, -0.05) is 146 Å². The molecular formula is C54H36N2. The van der Waals surface area contributed by atoms with E-state index < -0.39 is 0 Å². The molecule has 0 radical (unpaired) electrons. The third kappa shape index (κ3) is 5.34. The van der Waals surface area contributed by atoms with E-state index in [2.05, 4.69) is 228 Å². The van der Waals surface area contributed by atoms with Crippen molar-refractivity contribution in [2.45, 2.75) is 0 Å². The average Bonchev–Trinajstić information content (AvgIpc) is 3.60. The molecule has 0 amide bonds. The second-order valence-electron chi connectivity index (χ2n) is 14.6. The van der Waals surface area contributed by atoms with E-state index in [0.29, 0.717) is 0 Å². The van der Waals surface area contributed by atoms with Crippen molar-refractivity contribution in [1.82, 2.24) is 4.57 Å². The summed E-state index contributed by atoms with van der Waals surface area (Å²) >= 11 is 0. The maximum absolute atomic E-state index is 2.40. The highest BCUT2D eigenvalue weighted by molar-refractivity contribution is 6.12. The molecule has 56 heavy (non-hydrogen) atoms. The van der Waals surface area contributed by atoms with Gasteiger partial charge in [-0.3, -0.25) is 0 Å². The van der Waals surface area contributed by atoms with Crippen molar-refractivity contribution in [1.29, 1.82) is 0 Å². The van der Waals surface area contributed by atoms with Gasteiger partial charge in [0.2, 0.25) is 0 Å². The Morgan fingerprint density at radius 1 is 0.286 bits per heavy atom. The van der Waals surface area contributed by atoms with Gasteiger partial charge >= 0.3 is 0 Å². The zero-order valence-electron chi connectivity index (χ0n) is 30.7. The fourth-order valence-electron chi connectivity index (χ4n) is 8.64. The van der Waals surface area contributed by atoms with E-state index in [-0.39, 0.29) is 0 Å². The normalized spacial score (nSPS) is 11.6. The van der Waals surface area contributed by atoms with Crippen molar-refractivity contribution >= 4 is 71.2 Å². The highest BCUT2D eigenvalue weighted by Crippen LogP contribution is 2.41. The van der Waals surface area contributed by atoms with Crippen LogP contribution >= 0.6 is 0 Å². The number of hydrogen-bond acceptors (Lipinski definition) is 1. The van der Waals surface area contributed by atoms with Gasteiger partial charge in [-0.15, -0.1) is 0 Å². The molecule has 0 aliphatic carbocycles. The number of para-hydroxylation sites is 2. The molecule has 1 heterocycles. The van der Waals surface area contributed by atoms with Crippen LogP contribution in [-0.2, 0) is 0 Å². The van der Waals surface area contributed by atoms with Crippen LogP contribution in [0.25, 0.3) is 82.1 Å². The molecule has 0 N–H and O–H groups in total. The molecule has 2 heteroatoms. The zero-order valence-corrected chi connectivity index (χ0v) is 30.7. The van der Waals surface area contributed by atoms with Crippen molar-refractivity contribution in [2.24, 2.45) is 0 Å². The van der Waals surface area contributed by atoms with Gasteiger partial charge in [0.05, 0.1) is 16.7 Å². The first-order chi connectivity index (χ1) is 27.8. The van der Waals surface area contributed by atoms with Gasteiger partial charge in [-0.25, -0.2) is 0 Å². The quantitative estimate of drug-likeness (QED) is 0.156. The van der Waals surface area contributed by atoms with E-state index in [1.165, 1.54) is 76.4 Å². The molecule has 10 aromatic carbocycles. The third-order valence-electron chi connectivity index (χ3n) is 11.3. The molecule has 1 aromatic heterocycles. The first kappa shape index (κ1) is 32.0. The van der Waals surface area contributed by atoms with E-state index in [4.69, 9.17) is 0 Å². The Bertz CT molecular complexity index is 3230. The van der Waals surface area contributed by atoms with E-state index >= 15 is 0 Å². The molecular weight excluding hydrogens is 677 g/mol. The Kier molecular flexibility index (Phi) is 7.53. The van der Waals surface area contributed by atoms with Gasteiger partial charge in [-0.05, 0) is 122 Å². The number of hydrogen-bond donors (Lipinski definition) is 0. The Labute approximate surface area is 325 Å². The van der Waals surface area contributed by atoms with Gasteiger partial charge in [0.25, 0.3) is 0 Å². The van der Waals surface area contributed by atoms with Crippen LogP contribution in [-0.4, -0.2) is 4.57 Å². The summed E-state index contributed by atoms with van der Waals surface area (Å²) in [4.78, 5) is 2.36. The van der Waals surface area contributed by atoms with Crippen molar-refractivity contribution < 1.29 is 0 Å². The molecule has 0 saturated heterocycles. The number of rotatable bonds is 6. The minimum atomic E-state index is 1.12. The third-order valence-corrected chi connectivity index (χ3v) is 11.3. The Hall–Kier alpha value is -7.42. The van der Waals surface area contributed by atoms with Crippen molar-refractivity contribution in [2.75, 3.05) is 4.90 Å². The van der Waals surface area contributed by atoms with Crippen LogP contribution in [0.1, 0.15) is 0 Å². The lowest BCUT2D eigenvalue weighted by Crippen LogP contribution is -2.10. The molecule has 0 aliphatic rings.